The van der Waals surface area contributed by atoms with Crippen molar-refractivity contribution in [3.63, 3.8) is 0 Å². The fourth-order valence-electron chi connectivity index (χ4n) is 4.52. The van der Waals surface area contributed by atoms with Crippen LogP contribution in [0.3, 0.4) is 0 Å². The Morgan fingerprint density at radius 2 is 2.06 bits per heavy atom. The summed E-state index contributed by atoms with van der Waals surface area (Å²) in [5.41, 5.74) is 1.66. The van der Waals surface area contributed by atoms with Crippen LogP contribution in [0.4, 0.5) is 10.6 Å². The van der Waals surface area contributed by atoms with Crippen LogP contribution in [0.1, 0.15) is 19.3 Å². The third-order valence-corrected chi connectivity index (χ3v) is 6.74. The lowest BCUT2D eigenvalue weighted by Gasteiger charge is -2.36. The van der Waals surface area contributed by atoms with Gasteiger partial charge >= 0.3 is 6.09 Å². The number of aromatic nitrogens is 4. The normalized spacial score (nSPS) is 22.3. The Kier molecular flexibility index (Phi) is 5.41. The summed E-state index contributed by atoms with van der Waals surface area (Å²) in [6.07, 6.45) is 13.8. The first-order valence-corrected chi connectivity index (χ1v) is 12.0. The van der Waals surface area contributed by atoms with E-state index in [9.17, 15) is 4.79 Å². The second-order valence-electron chi connectivity index (χ2n) is 9.19. The molecule has 0 spiro atoms. The highest BCUT2D eigenvalue weighted by molar-refractivity contribution is 5.80. The van der Waals surface area contributed by atoms with Crippen molar-refractivity contribution >= 4 is 17.6 Å². The molecule has 5 heterocycles. The smallest absolute Gasteiger partial charge is 0.411 e. The molecular formula is C25H27N7O3. The van der Waals surface area contributed by atoms with Crippen LogP contribution in [0.15, 0.2) is 36.8 Å². The predicted octanol–water partition coefficient (Wildman–Crippen LogP) is 1.96. The van der Waals surface area contributed by atoms with Gasteiger partial charge in [0.15, 0.2) is 11.2 Å². The highest BCUT2D eigenvalue weighted by Crippen LogP contribution is 2.35. The molecule has 3 aromatic heterocycles. The van der Waals surface area contributed by atoms with Crippen LogP contribution in [0.2, 0.25) is 0 Å². The molecule has 0 bridgehead atoms. The molecule has 1 amide bonds. The molecule has 0 aromatic carbocycles. The standard InChI is InChI=1S/C25H27N7O3/c1-2-25(8-10-26-17-25)35-24(33)31-14-12-30(13-15-31)21-7-11-32-22(29-21)20(16-28-32)19-4-3-9-27-23(19)34-18-5-6-18/h1,3-4,7,9,11,16,18,26H,5-6,8,10,12-15,17H2. The number of amides is 1. The number of nitrogens with zero attached hydrogens (tertiary/aromatic N) is 6. The lowest BCUT2D eigenvalue weighted by molar-refractivity contribution is 0.0360. The number of fused-ring (bicyclic) bond motifs is 1. The highest BCUT2D eigenvalue weighted by Gasteiger charge is 2.38. The van der Waals surface area contributed by atoms with Gasteiger partial charge in [-0.2, -0.15) is 5.10 Å². The van der Waals surface area contributed by atoms with Crippen LogP contribution in [-0.2, 0) is 4.74 Å². The zero-order valence-corrected chi connectivity index (χ0v) is 19.4. The quantitative estimate of drug-likeness (QED) is 0.562. The summed E-state index contributed by atoms with van der Waals surface area (Å²) in [5, 5.41) is 7.65. The fraction of sp³-hybridized carbons (Fsp3) is 0.440. The minimum atomic E-state index is -0.840. The Bertz CT molecular complexity index is 1280. The van der Waals surface area contributed by atoms with Crippen LogP contribution in [0, 0.1) is 12.3 Å². The molecule has 1 unspecified atom stereocenters. The molecule has 10 heteroatoms. The number of rotatable bonds is 5. The summed E-state index contributed by atoms with van der Waals surface area (Å²) in [5.74, 6) is 4.11. The van der Waals surface area contributed by atoms with Crippen molar-refractivity contribution in [2.24, 2.45) is 0 Å². The van der Waals surface area contributed by atoms with Gasteiger partial charge in [0, 0.05) is 63.6 Å². The van der Waals surface area contributed by atoms with Gasteiger partial charge in [0.25, 0.3) is 0 Å². The van der Waals surface area contributed by atoms with Crippen LogP contribution in [0.5, 0.6) is 5.88 Å². The van der Waals surface area contributed by atoms with Crippen LogP contribution in [-0.4, -0.2) is 81.5 Å². The monoisotopic (exact) mass is 473 g/mol. The number of terminal acetylenes is 1. The Labute approximate surface area is 203 Å². The molecule has 2 saturated heterocycles. The maximum absolute atomic E-state index is 12.7. The first kappa shape index (κ1) is 21.7. The fourth-order valence-corrected chi connectivity index (χ4v) is 4.52. The maximum Gasteiger partial charge on any atom is 0.411 e. The van der Waals surface area contributed by atoms with E-state index in [0.717, 1.165) is 42.0 Å². The van der Waals surface area contributed by atoms with Crippen LogP contribution in [0.25, 0.3) is 16.8 Å². The van der Waals surface area contributed by atoms with Crippen molar-refractivity contribution in [3.8, 4) is 29.4 Å². The minimum Gasteiger partial charge on any atom is -0.474 e. The average molecular weight is 474 g/mol. The molecule has 180 valence electrons. The molecule has 10 nitrogen and oxygen atoms in total. The van der Waals surface area contributed by atoms with E-state index in [1.165, 1.54) is 0 Å². The Morgan fingerprint density at radius 3 is 2.80 bits per heavy atom. The lowest BCUT2D eigenvalue weighted by Crippen LogP contribution is -2.51. The molecule has 1 atom stereocenters. The van der Waals surface area contributed by atoms with Gasteiger partial charge in [0.05, 0.1) is 11.8 Å². The zero-order valence-electron chi connectivity index (χ0n) is 19.4. The summed E-state index contributed by atoms with van der Waals surface area (Å²) in [6, 6.07) is 5.83. The third kappa shape index (κ3) is 4.23. The van der Waals surface area contributed by atoms with Gasteiger partial charge in [-0.3, -0.25) is 0 Å². The highest BCUT2D eigenvalue weighted by atomic mass is 16.6. The molecule has 1 N–H and O–H groups in total. The number of pyridine rings is 1. The van der Waals surface area contributed by atoms with E-state index in [1.54, 1.807) is 21.8 Å². The van der Waals surface area contributed by atoms with E-state index in [4.69, 9.17) is 20.9 Å². The first-order valence-electron chi connectivity index (χ1n) is 12.0. The number of hydrogen-bond donors (Lipinski definition) is 1. The number of piperazine rings is 1. The molecule has 1 saturated carbocycles. The Balaban J connectivity index is 1.18. The van der Waals surface area contributed by atoms with Crippen molar-refractivity contribution in [2.75, 3.05) is 44.2 Å². The van der Waals surface area contributed by atoms with Crippen molar-refractivity contribution in [1.29, 1.82) is 0 Å². The number of ether oxygens (including phenoxy) is 2. The van der Waals surface area contributed by atoms with Crippen LogP contribution < -0.4 is 15.0 Å². The molecule has 0 radical (unpaired) electrons. The number of carbonyl (C=O) groups excluding carboxylic acids is 1. The van der Waals surface area contributed by atoms with E-state index in [1.807, 2.05) is 24.4 Å². The first-order chi connectivity index (χ1) is 17.1. The predicted molar refractivity (Wildman–Crippen MR) is 129 cm³/mol. The molecule has 3 aliphatic rings. The lowest BCUT2D eigenvalue weighted by atomic mass is 10.1. The van der Waals surface area contributed by atoms with Gasteiger partial charge in [-0.25, -0.2) is 19.3 Å². The largest absolute Gasteiger partial charge is 0.474 e. The maximum atomic E-state index is 12.7. The summed E-state index contributed by atoms with van der Waals surface area (Å²) in [4.78, 5) is 26.0. The van der Waals surface area contributed by atoms with Crippen LogP contribution >= 0.6 is 0 Å². The van der Waals surface area contributed by atoms with E-state index >= 15 is 0 Å². The summed E-state index contributed by atoms with van der Waals surface area (Å²) >= 11 is 0. The van der Waals surface area contributed by atoms with Gasteiger partial charge < -0.3 is 24.6 Å². The second-order valence-corrected chi connectivity index (χ2v) is 9.19. The number of anilines is 1. The zero-order chi connectivity index (χ0) is 23.8. The Hall–Kier alpha value is -3.84. The summed E-state index contributed by atoms with van der Waals surface area (Å²) < 4.78 is 13.5. The van der Waals surface area contributed by atoms with Gasteiger partial charge in [0.2, 0.25) is 5.88 Å². The number of hydrogen-bond acceptors (Lipinski definition) is 8. The molecule has 2 aliphatic heterocycles. The van der Waals surface area contributed by atoms with Crippen molar-refractivity contribution in [2.45, 2.75) is 31.0 Å². The molecule has 35 heavy (non-hydrogen) atoms. The van der Waals surface area contributed by atoms with E-state index < -0.39 is 5.60 Å². The van der Waals surface area contributed by atoms with Gasteiger partial charge in [-0.15, -0.1) is 6.42 Å². The van der Waals surface area contributed by atoms with Crippen molar-refractivity contribution in [1.82, 2.24) is 29.8 Å². The minimum absolute atomic E-state index is 0.248. The van der Waals surface area contributed by atoms with Crippen molar-refractivity contribution in [3.05, 3.63) is 36.8 Å². The summed E-state index contributed by atoms with van der Waals surface area (Å²) in [7, 11) is 0. The molecule has 3 fully saturated rings. The topological polar surface area (TPSA) is 97.1 Å². The molecule has 1 aliphatic carbocycles. The van der Waals surface area contributed by atoms with E-state index in [0.29, 0.717) is 45.0 Å². The number of nitrogens with one attached hydrogen (secondary N) is 1. The molecule has 6 rings (SSSR count). The summed E-state index contributed by atoms with van der Waals surface area (Å²) in [6.45, 7) is 3.61. The molecule has 3 aromatic rings. The van der Waals surface area contributed by atoms with Gasteiger partial charge in [-0.05, 0) is 31.0 Å². The number of carbonyl (C=O) groups is 1. The second kappa shape index (κ2) is 8.74. The Morgan fingerprint density at radius 1 is 1.20 bits per heavy atom. The van der Waals surface area contributed by atoms with Gasteiger partial charge in [0.1, 0.15) is 11.9 Å². The van der Waals surface area contributed by atoms with E-state index in [-0.39, 0.29) is 12.2 Å². The van der Waals surface area contributed by atoms with Crippen molar-refractivity contribution < 1.29 is 14.3 Å². The molecular weight excluding hydrogens is 446 g/mol. The van der Waals surface area contributed by atoms with E-state index in [2.05, 4.69) is 26.2 Å². The average Bonchev–Trinajstić information content (AvgIpc) is 3.42. The third-order valence-electron chi connectivity index (χ3n) is 6.74. The van der Waals surface area contributed by atoms with Gasteiger partial charge in [-0.1, -0.05) is 5.92 Å². The SMILES string of the molecule is C#CC1(OC(=O)N2CCN(c3ccn4ncc(-c5cccnc5OC5CC5)c4n3)CC2)CCNC1.